The Balaban J connectivity index is 2.89. The van der Waals surface area contributed by atoms with Crippen LogP contribution in [-0.4, -0.2) is 44.9 Å². The number of hydrogen-bond acceptors (Lipinski definition) is 8. The summed E-state index contributed by atoms with van der Waals surface area (Å²) in [4.78, 5) is 39.2. The predicted octanol–water partition coefficient (Wildman–Crippen LogP) is 5.88. The van der Waals surface area contributed by atoms with Gasteiger partial charge in [0, 0.05) is 36.0 Å². The highest BCUT2D eigenvalue weighted by molar-refractivity contribution is 6.24. The van der Waals surface area contributed by atoms with E-state index < -0.39 is 51.4 Å². The first kappa shape index (κ1) is 29.7. The minimum Gasteiger partial charge on any atom is -0.511 e. The fraction of sp³-hybridized carbons (Fsp3) is 0.483. The number of aliphatic hydroxyl groups excluding tert-OH is 2. The van der Waals surface area contributed by atoms with Crippen LogP contribution in [0, 0.1) is 12.3 Å². The summed E-state index contributed by atoms with van der Waals surface area (Å²) < 4.78 is 5.43. The lowest BCUT2D eigenvalue weighted by atomic mass is 9.69. The molecule has 4 N–H and O–H groups in total. The second-order valence-electron chi connectivity index (χ2n) is 9.93. The molecule has 0 aliphatic heterocycles. The van der Waals surface area contributed by atoms with Gasteiger partial charge < -0.3 is 25.2 Å². The minimum atomic E-state index is -1.53. The van der Waals surface area contributed by atoms with Crippen LogP contribution in [0.4, 0.5) is 0 Å². The van der Waals surface area contributed by atoms with Gasteiger partial charge in [0.2, 0.25) is 0 Å². The van der Waals surface area contributed by atoms with Gasteiger partial charge in [0.05, 0.1) is 12.5 Å². The van der Waals surface area contributed by atoms with E-state index in [1.54, 1.807) is 19.9 Å². The number of carbonyl (C=O) groups is 3. The highest BCUT2D eigenvalue weighted by atomic mass is 16.5. The van der Waals surface area contributed by atoms with Crippen LogP contribution in [0.25, 0.3) is 0 Å². The SMILES string of the molecule is CCCC(=O)C1=C(O)C(Cc2c(O)c(C(=O)CCC)c(O)c(C)c2OC)=C(O)[C@@](C)(CC=C(C)C)C1=O. The molecule has 8 nitrogen and oxygen atoms in total. The fourth-order valence-electron chi connectivity index (χ4n) is 4.59. The van der Waals surface area contributed by atoms with Gasteiger partial charge in [0.1, 0.15) is 39.9 Å². The Bertz CT molecular complexity index is 1210. The summed E-state index contributed by atoms with van der Waals surface area (Å²) in [7, 11) is 1.32. The van der Waals surface area contributed by atoms with Gasteiger partial charge in [0.15, 0.2) is 17.3 Å². The van der Waals surface area contributed by atoms with Gasteiger partial charge in [-0.15, -0.1) is 0 Å². The maximum absolute atomic E-state index is 13.5. The quantitative estimate of drug-likeness (QED) is 0.163. The lowest BCUT2D eigenvalue weighted by molar-refractivity contribution is -0.127. The number of ketones is 3. The Morgan fingerprint density at radius 1 is 0.973 bits per heavy atom. The van der Waals surface area contributed by atoms with E-state index >= 15 is 0 Å². The number of carbonyl (C=O) groups excluding carboxylic acids is 3. The summed E-state index contributed by atoms with van der Waals surface area (Å²) in [6, 6.07) is 0. The molecular weight excluding hydrogens is 476 g/mol. The van der Waals surface area contributed by atoms with Gasteiger partial charge in [0.25, 0.3) is 0 Å². The van der Waals surface area contributed by atoms with Crippen molar-refractivity contribution in [3.8, 4) is 17.2 Å². The summed E-state index contributed by atoms with van der Waals surface area (Å²) in [6.07, 6.45) is 2.53. The molecule has 0 amide bonds. The van der Waals surface area contributed by atoms with Crippen molar-refractivity contribution in [2.45, 2.75) is 80.1 Å². The summed E-state index contributed by atoms with van der Waals surface area (Å²) >= 11 is 0. The molecule has 0 aromatic heterocycles. The molecule has 0 saturated heterocycles. The molecule has 1 aromatic carbocycles. The van der Waals surface area contributed by atoms with Gasteiger partial charge in [-0.1, -0.05) is 25.5 Å². The number of benzene rings is 1. The summed E-state index contributed by atoms with van der Waals surface area (Å²) in [5.41, 5.74) is -1.21. The highest BCUT2D eigenvalue weighted by Gasteiger charge is 2.47. The van der Waals surface area contributed by atoms with Gasteiger partial charge in [-0.3, -0.25) is 14.4 Å². The molecule has 202 valence electrons. The van der Waals surface area contributed by atoms with E-state index in [4.69, 9.17) is 4.74 Å². The first-order chi connectivity index (χ1) is 17.3. The number of rotatable bonds is 11. The lowest BCUT2D eigenvalue weighted by Gasteiger charge is -2.34. The molecule has 0 spiro atoms. The molecule has 0 heterocycles. The molecule has 2 rings (SSSR count). The zero-order valence-corrected chi connectivity index (χ0v) is 22.7. The second-order valence-corrected chi connectivity index (χ2v) is 9.93. The number of allylic oxidation sites excluding steroid dienone is 5. The Morgan fingerprint density at radius 2 is 1.54 bits per heavy atom. The number of methoxy groups -OCH3 is 1. The molecule has 0 saturated carbocycles. The molecule has 8 heteroatoms. The molecule has 1 atom stereocenters. The Labute approximate surface area is 218 Å². The van der Waals surface area contributed by atoms with Crippen molar-refractivity contribution < 1.29 is 39.5 Å². The van der Waals surface area contributed by atoms with Crippen LogP contribution in [-0.2, 0) is 16.0 Å². The second kappa shape index (κ2) is 11.7. The Kier molecular flexibility index (Phi) is 9.36. The van der Waals surface area contributed by atoms with Crippen molar-refractivity contribution in [3.63, 3.8) is 0 Å². The van der Waals surface area contributed by atoms with Crippen molar-refractivity contribution in [1.29, 1.82) is 0 Å². The third-order valence-electron chi connectivity index (χ3n) is 6.78. The van der Waals surface area contributed by atoms with Crippen LogP contribution in [0.1, 0.15) is 88.2 Å². The standard InChI is InChI=1S/C29H38O8/c1-8-10-19(30)21-23(32)16(5)26(37-7)17(24(21)33)14-18-25(34)22(20(31)11-9-2)28(36)29(6,27(18)35)13-12-15(3)4/h12,32-35H,8-11,13-14H2,1-7H3/t29-/m1/s1. The maximum atomic E-state index is 13.5. The number of phenols is 2. The maximum Gasteiger partial charge on any atom is 0.183 e. The van der Waals surface area contributed by atoms with E-state index in [0.717, 1.165) is 5.57 Å². The first-order valence-corrected chi connectivity index (χ1v) is 12.5. The highest BCUT2D eigenvalue weighted by Crippen LogP contribution is 2.48. The topological polar surface area (TPSA) is 141 Å². The summed E-state index contributed by atoms with van der Waals surface area (Å²) in [5.74, 6) is -3.71. The fourth-order valence-corrected chi connectivity index (χ4v) is 4.59. The van der Waals surface area contributed by atoms with E-state index in [0.29, 0.717) is 12.8 Å². The van der Waals surface area contributed by atoms with Crippen LogP contribution in [0.3, 0.4) is 0 Å². The Morgan fingerprint density at radius 3 is 2.05 bits per heavy atom. The van der Waals surface area contributed by atoms with Crippen LogP contribution in [0.5, 0.6) is 17.2 Å². The van der Waals surface area contributed by atoms with Crippen LogP contribution in [0.15, 0.2) is 34.3 Å². The number of hydrogen-bond donors (Lipinski definition) is 4. The third kappa shape index (κ3) is 5.43. The van der Waals surface area contributed by atoms with E-state index in [1.807, 2.05) is 13.8 Å². The average molecular weight is 515 g/mol. The van der Waals surface area contributed by atoms with Gasteiger partial charge >= 0.3 is 0 Å². The zero-order valence-electron chi connectivity index (χ0n) is 22.7. The third-order valence-corrected chi connectivity index (χ3v) is 6.78. The molecule has 0 fully saturated rings. The predicted molar refractivity (Wildman–Crippen MR) is 140 cm³/mol. The molecule has 37 heavy (non-hydrogen) atoms. The monoisotopic (exact) mass is 514 g/mol. The number of ether oxygens (including phenoxy) is 1. The number of aromatic hydroxyl groups is 2. The van der Waals surface area contributed by atoms with Gasteiger partial charge in [-0.25, -0.2) is 0 Å². The van der Waals surface area contributed by atoms with Gasteiger partial charge in [-0.05, 0) is 47.0 Å². The normalized spacial score (nSPS) is 17.8. The molecule has 1 aromatic rings. The van der Waals surface area contributed by atoms with E-state index in [1.165, 1.54) is 21.0 Å². The molecule has 0 unspecified atom stereocenters. The smallest absolute Gasteiger partial charge is 0.183 e. The number of Topliss-reactive ketones (excluding diaryl/α,β-unsaturated/α-hetero) is 3. The zero-order chi connectivity index (χ0) is 28.2. The molecule has 1 aliphatic carbocycles. The van der Waals surface area contributed by atoms with Crippen LogP contribution < -0.4 is 4.74 Å². The first-order valence-electron chi connectivity index (χ1n) is 12.5. The van der Waals surface area contributed by atoms with Crippen molar-refractivity contribution >= 4 is 17.3 Å². The average Bonchev–Trinajstić information content (AvgIpc) is 2.83. The number of phenolic OH excluding ortho intramolecular Hbond substituents is 2. The van der Waals surface area contributed by atoms with E-state index in [-0.39, 0.29) is 53.7 Å². The summed E-state index contributed by atoms with van der Waals surface area (Å²) in [6.45, 7) is 10.3. The van der Waals surface area contributed by atoms with Gasteiger partial charge in [-0.2, -0.15) is 0 Å². The van der Waals surface area contributed by atoms with E-state index in [2.05, 4.69) is 0 Å². The van der Waals surface area contributed by atoms with Crippen LogP contribution in [0.2, 0.25) is 0 Å². The molecular formula is C29H38O8. The molecule has 0 radical (unpaired) electrons. The van der Waals surface area contributed by atoms with Crippen LogP contribution >= 0.6 is 0 Å². The largest absolute Gasteiger partial charge is 0.511 e. The van der Waals surface area contributed by atoms with E-state index in [9.17, 15) is 34.8 Å². The summed E-state index contributed by atoms with van der Waals surface area (Å²) in [5, 5.41) is 44.3. The van der Waals surface area contributed by atoms with Crippen molar-refractivity contribution in [3.05, 3.63) is 51.0 Å². The lowest BCUT2D eigenvalue weighted by Crippen LogP contribution is -2.39. The number of aliphatic hydroxyl groups is 2. The molecule has 1 aliphatic rings. The van der Waals surface area contributed by atoms with Crippen molar-refractivity contribution in [2.24, 2.45) is 5.41 Å². The minimum absolute atomic E-state index is 0.0282. The molecule has 0 bridgehead atoms. The van der Waals surface area contributed by atoms with Crippen molar-refractivity contribution in [2.75, 3.05) is 7.11 Å². The Hall–Kier alpha value is -3.55. The van der Waals surface area contributed by atoms with Crippen molar-refractivity contribution in [1.82, 2.24) is 0 Å².